The van der Waals surface area contributed by atoms with Crippen molar-refractivity contribution >= 4 is 9.19 Å². The van der Waals surface area contributed by atoms with Crippen LogP contribution < -0.4 is 5.32 Å². The van der Waals surface area contributed by atoms with Crippen molar-refractivity contribution in [1.82, 2.24) is 10.2 Å². The van der Waals surface area contributed by atoms with Gasteiger partial charge >= 0.3 is 29.2 Å². The molecule has 0 aromatic carbocycles. The van der Waals surface area contributed by atoms with Crippen LogP contribution in [-0.4, -0.2) is 23.5 Å². The van der Waals surface area contributed by atoms with Gasteiger partial charge in [-0.1, -0.05) is 13.8 Å². The number of hydrogen-bond acceptors (Lipinski definition) is 2. The molecule has 0 rings (SSSR count). The average molecular weight is 389 g/mol. The van der Waals surface area contributed by atoms with E-state index in [4.69, 9.17) is 0 Å². The second-order valence-electron chi connectivity index (χ2n) is 3.66. The van der Waals surface area contributed by atoms with Crippen molar-refractivity contribution < 1.29 is 20.0 Å². The Balaban J connectivity index is 0. The van der Waals surface area contributed by atoms with E-state index < -0.39 is 0 Å². The molecular formula is C9H20AuClN2. The fourth-order valence-electron chi connectivity index (χ4n) is 0.628. The molecule has 0 aromatic heterocycles. The Labute approximate surface area is 99.1 Å². The molecule has 2 radical (unpaired) electrons. The Morgan fingerprint density at radius 2 is 1.62 bits per heavy atom. The normalized spacial score (nSPS) is 11.2. The van der Waals surface area contributed by atoms with Gasteiger partial charge in [0.15, 0.2) is 0 Å². The van der Waals surface area contributed by atoms with Crippen molar-refractivity contribution in [2.24, 2.45) is 0 Å². The molecule has 0 unspecified atom stereocenters. The molecule has 0 heterocycles. The molecule has 0 aliphatic carbocycles. The Kier molecular flexibility index (Phi) is 12.0. The second-order valence-corrected chi connectivity index (χ2v) is 3.66. The first kappa shape index (κ1) is 16.4. The molecule has 0 amide bonds. The quantitative estimate of drug-likeness (QED) is 0.588. The maximum absolute atomic E-state index is 4.58. The van der Waals surface area contributed by atoms with E-state index in [1.54, 1.807) is 20.0 Å². The van der Waals surface area contributed by atoms with Crippen LogP contribution in [0.2, 0.25) is 0 Å². The van der Waals surface area contributed by atoms with Gasteiger partial charge in [0.2, 0.25) is 0 Å². The van der Waals surface area contributed by atoms with Crippen LogP contribution in [0.1, 0.15) is 34.6 Å². The minimum absolute atomic E-state index is 0.128. The van der Waals surface area contributed by atoms with Gasteiger partial charge in [-0.3, -0.25) is 10.2 Å². The Bertz CT molecular complexity index is 100. The van der Waals surface area contributed by atoms with E-state index in [0.29, 0.717) is 0 Å². The van der Waals surface area contributed by atoms with E-state index in [1.165, 1.54) is 0 Å². The molecule has 4 heteroatoms. The van der Waals surface area contributed by atoms with Gasteiger partial charge in [0.1, 0.15) is 6.67 Å². The monoisotopic (exact) mass is 388 g/mol. The molecule has 0 bridgehead atoms. The molecule has 0 fully saturated rings. The Morgan fingerprint density at radius 3 is 1.85 bits per heavy atom. The zero-order chi connectivity index (χ0) is 10.9. The predicted molar refractivity (Wildman–Crippen MR) is 54.9 cm³/mol. The molecule has 1 N–H and O–H groups in total. The summed E-state index contributed by atoms with van der Waals surface area (Å²) in [6.45, 7) is 15.8. The van der Waals surface area contributed by atoms with E-state index in [1.807, 2.05) is 0 Å². The van der Waals surface area contributed by atoms with Gasteiger partial charge in [0.05, 0.1) is 0 Å². The van der Waals surface area contributed by atoms with Crippen LogP contribution in [0.5, 0.6) is 0 Å². The van der Waals surface area contributed by atoms with E-state index in [-0.39, 0.29) is 5.54 Å². The molecule has 0 spiro atoms. The van der Waals surface area contributed by atoms with Crippen LogP contribution in [0, 0.1) is 6.67 Å². The van der Waals surface area contributed by atoms with Gasteiger partial charge in [-0.05, 0) is 33.9 Å². The Hall–Kier alpha value is 0.950. The molecule has 0 saturated carbocycles. The third-order valence-corrected chi connectivity index (χ3v) is 1.35. The first-order valence-electron chi connectivity index (χ1n) is 4.38. The van der Waals surface area contributed by atoms with Gasteiger partial charge in [0, 0.05) is 5.54 Å². The van der Waals surface area contributed by atoms with E-state index in [9.17, 15) is 0 Å². The first-order valence-corrected chi connectivity index (χ1v) is 7.07. The fraction of sp³-hybridized carbons (Fsp3) is 0.889. The van der Waals surface area contributed by atoms with Crippen LogP contribution in [-0.2, 0) is 20.0 Å². The van der Waals surface area contributed by atoms with Crippen molar-refractivity contribution in [2.75, 3.05) is 13.1 Å². The molecule has 0 saturated heterocycles. The van der Waals surface area contributed by atoms with Gasteiger partial charge in [-0.2, -0.15) is 0 Å². The van der Waals surface area contributed by atoms with Crippen LogP contribution in [0.15, 0.2) is 0 Å². The van der Waals surface area contributed by atoms with Crippen molar-refractivity contribution in [2.45, 2.75) is 40.2 Å². The van der Waals surface area contributed by atoms with E-state index >= 15 is 0 Å². The third kappa shape index (κ3) is 13.0. The number of hydrogen-bond donors (Lipinski definition) is 1. The predicted octanol–water partition coefficient (Wildman–Crippen LogP) is 2.40. The summed E-state index contributed by atoms with van der Waals surface area (Å²) in [4.78, 5) is 2.12. The summed E-state index contributed by atoms with van der Waals surface area (Å²) in [7, 11) is 4.58. The van der Waals surface area contributed by atoms with Crippen LogP contribution in [0.3, 0.4) is 0 Å². The summed E-state index contributed by atoms with van der Waals surface area (Å²) < 4.78 is 0. The topological polar surface area (TPSA) is 15.3 Å². The number of halogens is 1. The summed E-state index contributed by atoms with van der Waals surface area (Å²) in [5.41, 5.74) is 0.128. The maximum atomic E-state index is 4.58. The summed E-state index contributed by atoms with van der Waals surface area (Å²) in [5.74, 6) is 0. The summed E-state index contributed by atoms with van der Waals surface area (Å²) >= 11 is 1.75. The SMILES string of the molecule is CCN([C]NC(C)(C)C)CC.[Cl][Au]. The second kappa shape index (κ2) is 9.50. The van der Waals surface area contributed by atoms with Crippen LogP contribution in [0.4, 0.5) is 0 Å². The molecule has 84 valence electrons. The van der Waals surface area contributed by atoms with Gasteiger partial charge in [-0.25, -0.2) is 0 Å². The number of rotatable bonds is 4. The van der Waals surface area contributed by atoms with Gasteiger partial charge in [0.25, 0.3) is 0 Å². The van der Waals surface area contributed by atoms with Crippen molar-refractivity contribution in [3.05, 3.63) is 6.67 Å². The van der Waals surface area contributed by atoms with Gasteiger partial charge in [-0.15, -0.1) is 0 Å². The fourth-order valence-corrected chi connectivity index (χ4v) is 0.628. The van der Waals surface area contributed by atoms with Crippen molar-refractivity contribution in [3.8, 4) is 0 Å². The molecule has 0 aromatic rings. The van der Waals surface area contributed by atoms with Crippen molar-refractivity contribution in [3.63, 3.8) is 0 Å². The first-order chi connectivity index (χ1) is 5.99. The minimum atomic E-state index is 0.128. The molecule has 0 aliphatic heterocycles. The summed E-state index contributed by atoms with van der Waals surface area (Å²) in [5, 5.41) is 3.20. The molecule has 13 heavy (non-hydrogen) atoms. The van der Waals surface area contributed by atoms with E-state index in [0.717, 1.165) is 13.1 Å². The van der Waals surface area contributed by atoms with Gasteiger partial charge < -0.3 is 0 Å². The van der Waals surface area contributed by atoms with Crippen molar-refractivity contribution in [1.29, 1.82) is 0 Å². The summed E-state index contributed by atoms with van der Waals surface area (Å²) in [6.07, 6.45) is 0. The number of nitrogens with one attached hydrogen (secondary N) is 1. The van der Waals surface area contributed by atoms with Crippen LogP contribution in [0.25, 0.3) is 0 Å². The molecule has 2 nitrogen and oxygen atoms in total. The zero-order valence-electron chi connectivity index (χ0n) is 9.04. The summed E-state index contributed by atoms with van der Waals surface area (Å²) in [6, 6.07) is 0. The van der Waals surface area contributed by atoms with E-state index in [2.05, 4.69) is 60.7 Å². The zero-order valence-corrected chi connectivity index (χ0v) is 12.0. The van der Waals surface area contributed by atoms with Crippen LogP contribution >= 0.6 is 9.19 Å². The average Bonchev–Trinajstić information content (AvgIpc) is 2.08. The third-order valence-electron chi connectivity index (χ3n) is 1.35. The Morgan fingerprint density at radius 1 is 1.23 bits per heavy atom. The molecule has 0 aliphatic rings. The number of nitrogens with zero attached hydrogens (tertiary/aromatic N) is 1. The standard InChI is InChI=1S/C9H20N2.Au.ClH/c1-6-11(7-2)8-10-9(3,4)5;;/h10H,6-7H2,1-5H3;;1H/q;+1;/p-1. The molecular weight excluding hydrogens is 369 g/mol. The molecule has 0 atom stereocenters.